The molecule has 2 heterocycles. The summed E-state index contributed by atoms with van der Waals surface area (Å²) in [7, 11) is -1.36. The Morgan fingerprint density at radius 2 is 1.90 bits per heavy atom. The average molecular weight is 430 g/mol. The zero-order chi connectivity index (χ0) is 21.4. The number of pyridine rings is 1. The van der Waals surface area contributed by atoms with Gasteiger partial charge >= 0.3 is 0 Å². The van der Waals surface area contributed by atoms with Gasteiger partial charge in [0.1, 0.15) is 0 Å². The topological polar surface area (TPSA) is 86.7 Å². The molecule has 0 bridgehead atoms. The molecule has 1 aromatic heterocycles. The number of rotatable bonds is 7. The second-order valence-corrected chi connectivity index (χ2v) is 9.70. The van der Waals surface area contributed by atoms with Gasteiger partial charge in [0, 0.05) is 51.7 Å². The standard InChI is InChI=1S/C22H31N5O2S/c1-23-22(25-14-10-18-6-8-21(9-7-18)30(2,28)29)26-19-11-15-27(16-12-19)17-20-5-3-4-13-24-20/h3-9,13,19H,10-12,14-17H2,1-2H3,(H2,23,25,26). The minimum atomic E-state index is -3.15. The van der Waals surface area contributed by atoms with Crippen LogP contribution in [0.5, 0.6) is 0 Å². The van der Waals surface area contributed by atoms with Gasteiger partial charge in [0.05, 0.1) is 10.6 Å². The number of likely N-dealkylation sites (tertiary alicyclic amines) is 1. The highest BCUT2D eigenvalue weighted by Gasteiger charge is 2.20. The highest BCUT2D eigenvalue weighted by Crippen LogP contribution is 2.13. The van der Waals surface area contributed by atoms with Gasteiger partial charge in [-0.25, -0.2) is 8.42 Å². The normalized spacial score (nSPS) is 16.4. The molecule has 7 nitrogen and oxygen atoms in total. The van der Waals surface area contributed by atoms with Crippen LogP contribution in [0.25, 0.3) is 0 Å². The molecule has 162 valence electrons. The first kappa shape index (κ1) is 22.2. The number of benzene rings is 1. The Labute approximate surface area is 179 Å². The summed E-state index contributed by atoms with van der Waals surface area (Å²) in [6.07, 6.45) is 6.01. The number of piperidine rings is 1. The van der Waals surface area contributed by atoms with Crippen LogP contribution in [0.2, 0.25) is 0 Å². The molecule has 0 atom stereocenters. The lowest BCUT2D eigenvalue weighted by molar-refractivity contribution is 0.196. The number of sulfone groups is 1. The number of hydrogen-bond donors (Lipinski definition) is 2. The van der Waals surface area contributed by atoms with Crippen molar-refractivity contribution in [1.29, 1.82) is 0 Å². The Bertz CT molecular complexity index is 922. The molecule has 1 aliphatic rings. The Morgan fingerprint density at radius 1 is 1.17 bits per heavy atom. The van der Waals surface area contributed by atoms with Crippen LogP contribution >= 0.6 is 0 Å². The summed E-state index contributed by atoms with van der Waals surface area (Å²) in [5.41, 5.74) is 2.21. The third kappa shape index (κ3) is 6.81. The van der Waals surface area contributed by atoms with E-state index in [2.05, 4.69) is 31.6 Å². The Morgan fingerprint density at radius 3 is 2.50 bits per heavy atom. The number of nitrogens with one attached hydrogen (secondary N) is 2. The van der Waals surface area contributed by atoms with E-state index in [1.807, 2.05) is 30.5 Å². The summed E-state index contributed by atoms with van der Waals surface area (Å²) in [6, 6.07) is 13.5. The van der Waals surface area contributed by atoms with Crippen molar-refractivity contribution < 1.29 is 8.42 Å². The molecule has 1 fully saturated rings. The molecule has 0 radical (unpaired) electrons. The molecule has 0 aliphatic carbocycles. The van der Waals surface area contributed by atoms with Crippen molar-refractivity contribution in [2.75, 3.05) is 32.9 Å². The van der Waals surface area contributed by atoms with Crippen molar-refractivity contribution in [1.82, 2.24) is 20.5 Å². The molecule has 2 N–H and O–H groups in total. The van der Waals surface area contributed by atoms with Gasteiger partial charge in [0.25, 0.3) is 0 Å². The first-order valence-electron chi connectivity index (χ1n) is 10.3. The van der Waals surface area contributed by atoms with E-state index in [0.29, 0.717) is 10.9 Å². The van der Waals surface area contributed by atoms with Crippen molar-refractivity contribution in [3.8, 4) is 0 Å². The zero-order valence-corrected chi connectivity index (χ0v) is 18.5. The summed E-state index contributed by atoms with van der Waals surface area (Å²) >= 11 is 0. The van der Waals surface area contributed by atoms with Gasteiger partial charge in [-0.3, -0.25) is 14.9 Å². The number of aliphatic imine (C=N–C) groups is 1. The third-order valence-electron chi connectivity index (χ3n) is 5.32. The maximum absolute atomic E-state index is 11.5. The zero-order valence-electron chi connectivity index (χ0n) is 17.7. The predicted octanol–water partition coefficient (Wildman–Crippen LogP) is 1.86. The molecule has 1 aliphatic heterocycles. The second kappa shape index (κ2) is 10.5. The highest BCUT2D eigenvalue weighted by molar-refractivity contribution is 7.90. The smallest absolute Gasteiger partial charge is 0.191 e. The molecule has 1 saturated heterocycles. The number of hydrogen-bond acceptors (Lipinski definition) is 5. The second-order valence-electron chi connectivity index (χ2n) is 7.68. The van der Waals surface area contributed by atoms with Crippen LogP contribution in [0.15, 0.2) is 58.5 Å². The van der Waals surface area contributed by atoms with E-state index in [0.717, 1.165) is 62.7 Å². The van der Waals surface area contributed by atoms with Crippen LogP contribution in [0.4, 0.5) is 0 Å². The monoisotopic (exact) mass is 429 g/mol. The van der Waals surface area contributed by atoms with E-state index >= 15 is 0 Å². The van der Waals surface area contributed by atoms with E-state index in [4.69, 9.17) is 0 Å². The van der Waals surface area contributed by atoms with Gasteiger partial charge < -0.3 is 10.6 Å². The number of nitrogens with zero attached hydrogens (tertiary/aromatic N) is 3. The first-order chi connectivity index (χ1) is 14.4. The lowest BCUT2D eigenvalue weighted by Gasteiger charge is -2.32. The Hall–Kier alpha value is -2.45. The number of aromatic nitrogens is 1. The average Bonchev–Trinajstić information content (AvgIpc) is 2.75. The summed E-state index contributed by atoms with van der Waals surface area (Å²) in [6.45, 7) is 3.71. The molecule has 0 spiro atoms. The maximum Gasteiger partial charge on any atom is 0.191 e. The summed E-state index contributed by atoms with van der Waals surface area (Å²) in [5, 5.41) is 6.88. The van der Waals surface area contributed by atoms with Crippen molar-refractivity contribution >= 4 is 15.8 Å². The quantitative estimate of drug-likeness (QED) is 0.516. The molecule has 0 saturated carbocycles. The van der Waals surface area contributed by atoms with Crippen molar-refractivity contribution in [2.24, 2.45) is 4.99 Å². The van der Waals surface area contributed by atoms with E-state index < -0.39 is 9.84 Å². The minimum absolute atomic E-state index is 0.353. The van der Waals surface area contributed by atoms with Crippen LogP contribution in [0.3, 0.4) is 0 Å². The molecule has 3 rings (SSSR count). The summed E-state index contributed by atoms with van der Waals surface area (Å²) in [4.78, 5) is 11.5. The van der Waals surface area contributed by atoms with E-state index in [9.17, 15) is 8.42 Å². The van der Waals surface area contributed by atoms with Crippen LogP contribution in [0, 0.1) is 0 Å². The van der Waals surface area contributed by atoms with Crippen LogP contribution in [0.1, 0.15) is 24.1 Å². The highest BCUT2D eigenvalue weighted by atomic mass is 32.2. The van der Waals surface area contributed by atoms with E-state index in [1.54, 1.807) is 19.2 Å². The molecular formula is C22H31N5O2S. The van der Waals surface area contributed by atoms with Crippen LogP contribution in [-0.4, -0.2) is 63.2 Å². The summed E-state index contributed by atoms with van der Waals surface area (Å²) < 4.78 is 23.1. The first-order valence-corrected chi connectivity index (χ1v) is 12.2. The predicted molar refractivity (Wildman–Crippen MR) is 120 cm³/mol. The largest absolute Gasteiger partial charge is 0.356 e. The molecule has 30 heavy (non-hydrogen) atoms. The minimum Gasteiger partial charge on any atom is -0.356 e. The molecule has 0 amide bonds. The van der Waals surface area contributed by atoms with Crippen molar-refractivity contribution in [3.05, 3.63) is 59.9 Å². The third-order valence-corrected chi connectivity index (χ3v) is 6.45. The van der Waals surface area contributed by atoms with Crippen LogP contribution in [-0.2, 0) is 22.8 Å². The lowest BCUT2D eigenvalue weighted by atomic mass is 10.0. The summed E-state index contributed by atoms with van der Waals surface area (Å²) in [5.74, 6) is 0.811. The van der Waals surface area contributed by atoms with Crippen molar-refractivity contribution in [3.63, 3.8) is 0 Å². The number of guanidine groups is 1. The SMILES string of the molecule is CN=C(NCCc1ccc(S(C)(=O)=O)cc1)NC1CCN(Cc2ccccn2)CC1. The molecule has 0 unspecified atom stereocenters. The van der Waals surface area contributed by atoms with Gasteiger partial charge in [0.2, 0.25) is 0 Å². The van der Waals surface area contributed by atoms with Gasteiger partial charge in [-0.05, 0) is 49.1 Å². The molecule has 2 aromatic rings. The fourth-order valence-corrected chi connectivity index (χ4v) is 4.20. The van der Waals surface area contributed by atoms with Gasteiger partial charge in [-0.1, -0.05) is 18.2 Å². The molecule has 1 aromatic carbocycles. The fraction of sp³-hybridized carbons (Fsp3) is 0.455. The van der Waals surface area contributed by atoms with Gasteiger partial charge in [-0.2, -0.15) is 0 Å². The van der Waals surface area contributed by atoms with E-state index in [1.165, 1.54) is 6.26 Å². The fourth-order valence-electron chi connectivity index (χ4n) is 3.57. The van der Waals surface area contributed by atoms with Gasteiger partial charge in [0.15, 0.2) is 15.8 Å². The molecule has 8 heteroatoms. The van der Waals surface area contributed by atoms with Gasteiger partial charge in [-0.15, -0.1) is 0 Å². The van der Waals surface area contributed by atoms with Crippen molar-refractivity contribution in [2.45, 2.75) is 36.7 Å². The lowest BCUT2D eigenvalue weighted by Crippen LogP contribution is -2.48. The van der Waals surface area contributed by atoms with Crippen LogP contribution < -0.4 is 10.6 Å². The van der Waals surface area contributed by atoms with E-state index in [-0.39, 0.29) is 0 Å². The molecular weight excluding hydrogens is 398 g/mol. The Balaban J connectivity index is 1.39. The Kier molecular flexibility index (Phi) is 7.81. The maximum atomic E-state index is 11.5.